The number of nitrogens with zero attached hydrogens (tertiary/aromatic N) is 2. The predicted octanol–water partition coefficient (Wildman–Crippen LogP) is 3.96. The summed E-state index contributed by atoms with van der Waals surface area (Å²) in [4.78, 5) is 2.00. The molecule has 0 radical (unpaired) electrons. The molecule has 1 saturated heterocycles. The van der Waals surface area contributed by atoms with Crippen molar-refractivity contribution in [2.75, 3.05) is 78.0 Å². The van der Waals surface area contributed by atoms with E-state index in [0.717, 1.165) is 33.7 Å². The molecule has 1 aliphatic rings. The molecule has 0 aliphatic carbocycles. The Bertz CT molecular complexity index is 245. The lowest BCUT2D eigenvalue weighted by Gasteiger charge is -2.23. The van der Waals surface area contributed by atoms with Crippen molar-refractivity contribution in [2.24, 2.45) is 0 Å². The van der Waals surface area contributed by atoms with Crippen LogP contribution >= 0.6 is 47.8 Å². The maximum Gasteiger partial charge on any atom is 0.0780 e. The van der Waals surface area contributed by atoms with Gasteiger partial charge in [0.2, 0.25) is 0 Å². The van der Waals surface area contributed by atoms with Crippen molar-refractivity contribution in [1.82, 2.24) is 4.90 Å². The number of unbranched alkanes of at least 4 members (excludes halogenated alkanes) is 6. The average molecular weight is 678 g/mol. The SMILES string of the molecule is BrCCCCCCBr.C1CCOC1.CN(C)C.C[N+](C)(C)CCCCCCBr.[Br-]. The second kappa shape index (κ2) is 32.0. The first kappa shape index (κ1) is 38.1. The molecule has 1 fully saturated rings. The van der Waals surface area contributed by atoms with Crippen molar-refractivity contribution < 1.29 is 26.2 Å². The van der Waals surface area contributed by atoms with Crippen molar-refractivity contribution in [1.29, 1.82) is 0 Å². The Morgan fingerprint density at radius 3 is 1.17 bits per heavy atom. The summed E-state index contributed by atoms with van der Waals surface area (Å²) in [6.45, 7) is 3.31. The normalized spacial score (nSPS) is 12.6. The molecule has 0 atom stereocenters. The average Bonchev–Trinajstić information content (AvgIpc) is 3.18. The maximum absolute atomic E-state index is 4.94. The van der Waals surface area contributed by atoms with E-state index in [9.17, 15) is 0 Å². The van der Waals surface area contributed by atoms with Gasteiger partial charge in [0.05, 0.1) is 27.7 Å². The molecule has 0 aromatic rings. The van der Waals surface area contributed by atoms with Gasteiger partial charge in [-0.3, -0.25) is 0 Å². The molecule has 0 saturated carbocycles. The molecule has 1 aliphatic heterocycles. The van der Waals surface area contributed by atoms with Crippen LogP contribution in [0, 0.1) is 0 Å². The van der Waals surface area contributed by atoms with Gasteiger partial charge in [0, 0.05) is 29.2 Å². The standard InChI is InChI=1S/C9H21BrN.C6H12Br2.C4H8O.C3H9N.BrH/c1-11(2,3)9-7-5-4-6-8-10;7-5-3-1-2-4-6-8;1-2-4-5-3-1;1-4(2)3;/h4-9H2,1-3H3;1-6H2;1-4H2;1-3H3;1H/q+1;;;;/p-1. The van der Waals surface area contributed by atoms with Crippen LogP contribution in [0.2, 0.25) is 0 Å². The van der Waals surface area contributed by atoms with Crippen LogP contribution in [0.5, 0.6) is 0 Å². The fraction of sp³-hybridized carbons (Fsp3) is 1.00. The highest BCUT2D eigenvalue weighted by Crippen LogP contribution is 2.04. The fourth-order valence-electron chi connectivity index (χ4n) is 2.09. The van der Waals surface area contributed by atoms with Gasteiger partial charge < -0.3 is 31.1 Å². The van der Waals surface area contributed by atoms with Gasteiger partial charge in [0.1, 0.15) is 0 Å². The van der Waals surface area contributed by atoms with Crippen molar-refractivity contribution in [2.45, 2.75) is 64.2 Å². The Morgan fingerprint density at radius 2 is 0.966 bits per heavy atom. The Labute approximate surface area is 219 Å². The summed E-state index contributed by atoms with van der Waals surface area (Å²) < 4.78 is 6.05. The molecule has 0 unspecified atom stereocenters. The molecular formula is C22H50Br4N2O. The lowest BCUT2D eigenvalue weighted by molar-refractivity contribution is -0.870. The van der Waals surface area contributed by atoms with Crippen LogP contribution in [0.15, 0.2) is 0 Å². The van der Waals surface area contributed by atoms with Gasteiger partial charge in [-0.05, 0) is 66.1 Å². The van der Waals surface area contributed by atoms with E-state index in [4.69, 9.17) is 4.74 Å². The fourth-order valence-corrected chi connectivity index (χ4v) is 3.28. The summed E-state index contributed by atoms with van der Waals surface area (Å²) in [6, 6.07) is 0. The number of rotatable bonds is 11. The van der Waals surface area contributed by atoms with Crippen LogP contribution in [0.3, 0.4) is 0 Å². The van der Waals surface area contributed by atoms with E-state index in [1.807, 2.05) is 26.0 Å². The van der Waals surface area contributed by atoms with E-state index < -0.39 is 0 Å². The lowest BCUT2D eigenvalue weighted by atomic mass is 10.2. The number of halogens is 4. The van der Waals surface area contributed by atoms with Crippen LogP contribution in [-0.2, 0) is 4.74 Å². The van der Waals surface area contributed by atoms with E-state index in [-0.39, 0.29) is 17.0 Å². The monoisotopic (exact) mass is 674 g/mol. The second-order valence-corrected chi connectivity index (χ2v) is 10.9. The molecule has 0 aromatic heterocycles. The molecule has 3 nitrogen and oxygen atoms in total. The molecule has 0 amide bonds. The largest absolute Gasteiger partial charge is 1.00 e. The summed E-state index contributed by atoms with van der Waals surface area (Å²) in [5.41, 5.74) is 0. The first-order valence-electron chi connectivity index (χ1n) is 10.9. The minimum Gasteiger partial charge on any atom is -1.00 e. The zero-order chi connectivity index (χ0) is 22.1. The summed E-state index contributed by atoms with van der Waals surface area (Å²) in [6.07, 6.45) is 13.4. The zero-order valence-corrected chi connectivity index (χ0v) is 26.5. The second-order valence-electron chi connectivity index (χ2n) is 8.57. The van der Waals surface area contributed by atoms with Crippen LogP contribution in [0.25, 0.3) is 0 Å². The topological polar surface area (TPSA) is 12.5 Å². The third-order valence-electron chi connectivity index (χ3n) is 3.56. The number of hydrogen-bond donors (Lipinski definition) is 0. The van der Waals surface area contributed by atoms with Gasteiger partial charge in [0.15, 0.2) is 0 Å². The molecule has 7 heteroatoms. The van der Waals surface area contributed by atoms with Crippen molar-refractivity contribution in [3.8, 4) is 0 Å². The van der Waals surface area contributed by atoms with Crippen LogP contribution in [-0.4, -0.2) is 87.4 Å². The van der Waals surface area contributed by atoms with E-state index >= 15 is 0 Å². The smallest absolute Gasteiger partial charge is 0.0780 e. The van der Waals surface area contributed by atoms with Crippen LogP contribution < -0.4 is 17.0 Å². The molecule has 182 valence electrons. The number of hydrogen-bond acceptors (Lipinski definition) is 2. The van der Waals surface area contributed by atoms with E-state index in [2.05, 4.69) is 68.9 Å². The summed E-state index contributed by atoms with van der Waals surface area (Å²) in [5.74, 6) is 0. The number of quaternary nitrogens is 1. The van der Waals surface area contributed by atoms with Crippen LogP contribution in [0.4, 0.5) is 0 Å². The van der Waals surface area contributed by atoms with E-state index in [0.29, 0.717) is 0 Å². The molecule has 29 heavy (non-hydrogen) atoms. The van der Waals surface area contributed by atoms with E-state index in [1.54, 1.807) is 0 Å². The quantitative estimate of drug-likeness (QED) is 0.187. The molecular weight excluding hydrogens is 628 g/mol. The molecule has 0 spiro atoms. The van der Waals surface area contributed by atoms with Crippen molar-refractivity contribution in [3.63, 3.8) is 0 Å². The minimum absolute atomic E-state index is 0. The van der Waals surface area contributed by atoms with Crippen LogP contribution in [0.1, 0.15) is 64.2 Å². The first-order chi connectivity index (χ1) is 13.2. The lowest BCUT2D eigenvalue weighted by Crippen LogP contribution is -3.00. The molecule has 1 rings (SSSR count). The Kier molecular flexibility index (Phi) is 42.0. The third kappa shape index (κ3) is 58.7. The molecule has 0 bridgehead atoms. The number of ether oxygens (including phenoxy) is 1. The predicted molar refractivity (Wildman–Crippen MR) is 141 cm³/mol. The Morgan fingerprint density at radius 1 is 0.655 bits per heavy atom. The van der Waals surface area contributed by atoms with Gasteiger partial charge in [-0.25, -0.2) is 0 Å². The highest BCUT2D eigenvalue weighted by atomic mass is 79.9. The molecule has 0 aromatic carbocycles. The zero-order valence-electron chi connectivity index (χ0n) is 20.1. The van der Waals surface area contributed by atoms with Crippen molar-refractivity contribution >= 4 is 47.8 Å². The Balaban J connectivity index is -0.000000152. The third-order valence-corrected chi connectivity index (χ3v) is 5.24. The highest BCUT2D eigenvalue weighted by molar-refractivity contribution is 9.09. The highest BCUT2D eigenvalue weighted by Gasteiger charge is 2.04. The van der Waals surface area contributed by atoms with Gasteiger partial charge in [-0.15, -0.1) is 0 Å². The first-order valence-corrected chi connectivity index (χ1v) is 14.2. The minimum atomic E-state index is 0. The molecule has 1 heterocycles. The van der Waals surface area contributed by atoms with Gasteiger partial charge in [-0.2, -0.15) is 0 Å². The van der Waals surface area contributed by atoms with E-state index in [1.165, 1.54) is 70.8 Å². The van der Waals surface area contributed by atoms with Gasteiger partial charge in [-0.1, -0.05) is 67.1 Å². The van der Waals surface area contributed by atoms with Crippen molar-refractivity contribution in [3.05, 3.63) is 0 Å². The van der Waals surface area contributed by atoms with Gasteiger partial charge >= 0.3 is 0 Å². The summed E-state index contributed by atoms with van der Waals surface area (Å²) >= 11 is 10.2. The summed E-state index contributed by atoms with van der Waals surface area (Å²) in [7, 11) is 12.8. The van der Waals surface area contributed by atoms with Gasteiger partial charge in [0.25, 0.3) is 0 Å². The maximum atomic E-state index is 4.94. The summed E-state index contributed by atoms with van der Waals surface area (Å²) in [5, 5.41) is 3.49. The number of alkyl halides is 3. The Hall–Kier alpha value is 1.80. The molecule has 0 N–H and O–H groups in total.